The molecule has 84 valence electrons. The van der Waals surface area contributed by atoms with Gasteiger partial charge in [0.15, 0.2) is 11.6 Å². The van der Waals surface area contributed by atoms with Gasteiger partial charge >= 0.3 is 0 Å². The van der Waals surface area contributed by atoms with E-state index in [9.17, 15) is 4.39 Å². The number of nitrogens with one attached hydrogen (secondary N) is 1. The fourth-order valence-electron chi connectivity index (χ4n) is 1.42. The number of hydrogen-bond acceptors (Lipinski definition) is 3. The molecule has 16 heavy (non-hydrogen) atoms. The minimum Gasteiger partial charge on any atom is -0.494 e. The van der Waals surface area contributed by atoms with Crippen molar-refractivity contribution in [3.63, 3.8) is 0 Å². The van der Waals surface area contributed by atoms with Crippen LogP contribution in [0.4, 0.5) is 4.39 Å². The zero-order valence-corrected chi connectivity index (χ0v) is 8.83. The number of nitrogens with zero attached hydrogens (tertiary/aromatic N) is 1. The molecule has 0 aliphatic carbocycles. The van der Waals surface area contributed by atoms with Crippen LogP contribution in [0.5, 0.6) is 5.75 Å². The van der Waals surface area contributed by atoms with Crippen LogP contribution in [0.3, 0.4) is 0 Å². The molecule has 0 atom stereocenters. The molecule has 0 fully saturated rings. The molecule has 0 radical (unpaired) electrons. The van der Waals surface area contributed by atoms with Gasteiger partial charge < -0.3 is 15.5 Å². The van der Waals surface area contributed by atoms with Gasteiger partial charge in [-0.1, -0.05) is 0 Å². The Balaban J connectivity index is 2.40. The van der Waals surface area contributed by atoms with E-state index in [4.69, 9.17) is 10.5 Å². The molecule has 0 aliphatic heterocycles. The summed E-state index contributed by atoms with van der Waals surface area (Å²) in [5.41, 5.74) is 7.06. The van der Waals surface area contributed by atoms with Crippen LogP contribution in [-0.2, 0) is 6.54 Å². The molecule has 0 aliphatic rings. The molecule has 1 heterocycles. The van der Waals surface area contributed by atoms with Crippen molar-refractivity contribution in [1.29, 1.82) is 0 Å². The molecule has 0 saturated heterocycles. The Hall–Kier alpha value is -1.88. The Morgan fingerprint density at radius 1 is 1.50 bits per heavy atom. The molecule has 2 rings (SSSR count). The standard InChI is InChI=1S/C11H12FN3O/c1-16-10-4-7(2-3-9(10)12)11-14-6-8(5-13)15-11/h2-4,6H,5,13H2,1H3,(H,14,15). The van der Waals surface area contributed by atoms with E-state index in [0.29, 0.717) is 12.4 Å². The Morgan fingerprint density at radius 3 is 2.94 bits per heavy atom. The monoisotopic (exact) mass is 221 g/mol. The molecule has 0 saturated carbocycles. The molecule has 1 aromatic heterocycles. The van der Waals surface area contributed by atoms with Gasteiger partial charge in [0.25, 0.3) is 0 Å². The van der Waals surface area contributed by atoms with Gasteiger partial charge in [-0.15, -0.1) is 0 Å². The maximum absolute atomic E-state index is 13.2. The van der Waals surface area contributed by atoms with E-state index in [2.05, 4.69) is 9.97 Å². The number of benzene rings is 1. The molecule has 2 aromatic rings. The summed E-state index contributed by atoms with van der Waals surface area (Å²) in [7, 11) is 1.43. The van der Waals surface area contributed by atoms with Gasteiger partial charge in [0.1, 0.15) is 5.82 Å². The Labute approximate surface area is 92.3 Å². The number of imidazole rings is 1. The smallest absolute Gasteiger partial charge is 0.165 e. The van der Waals surface area contributed by atoms with Gasteiger partial charge in [-0.3, -0.25) is 0 Å². The minimum absolute atomic E-state index is 0.197. The van der Waals surface area contributed by atoms with Crippen LogP contribution in [0.2, 0.25) is 0 Å². The highest BCUT2D eigenvalue weighted by molar-refractivity contribution is 5.58. The Bertz CT molecular complexity index is 496. The predicted molar refractivity (Wildman–Crippen MR) is 58.4 cm³/mol. The van der Waals surface area contributed by atoms with Crippen molar-refractivity contribution >= 4 is 0 Å². The lowest BCUT2D eigenvalue weighted by atomic mass is 10.2. The topological polar surface area (TPSA) is 63.9 Å². The molecular formula is C11H12FN3O. The van der Waals surface area contributed by atoms with Gasteiger partial charge in [0.2, 0.25) is 0 Å². The lowest BCUT2D eigenvalue weighted by Gasteiger charge is -2.03. The molecule has 0 spiro atoms. The van der Waals surface area contributed by atoms with Crippen LogP contribution in [0.15, 0.2) is 24.4 Å². The SMILES string of the molecule is COc1cc(-c2ncc(CN)[nH]2)ccc1F. The fourth-order valence-corrected chi connectivity index (χ4v) is 1.42. The number of rotatable bonds is 3. The van der Waals surface area contributed by atoms with Crippen LogP contribution in [0.1, 0.15) is 5.69 Å². The summed E-state index contributed by atoms with van der Waals surface area (Å²) in [6, 6.07) is 4.57. The van der Waals surface area contributed by atoms with Crippen molar-refractivity contribution in [2.75, 3.05) is 7.11 Å². The first kappa shape index (κ1) is 10.6. The molecule has 0 unspecified atom stereocenters. The normalized spacial score (nSPS) is 10.4. The van der Waals surface area contributed by atoms with Crippen LogP contribution < -0.4 is 10.5 Å². The predicted octanol–water partition coefficient (Wildman–Crippen LogP) is 1.68. The molecule has 1 aromatic carbocycles. The number of aromatic nitrogens is 2. The maximum atomic E-state index is 13.2. The van der Waals surface area contributed by atoms with E-state index < -0.39 is 5.82 Å². The maximum Gasteiger partial charge on any atom is 0.165 e. The van der Waals surface area contributed by atoms with Gasteiger partial charge in [0.05, 0.1) is 7.11 Å². The fraction of sp³-hybridized carbons (Fsp3) is 0.182. The van der Waals surface area contributed by atoms with Crippen molar-refractivity contribution in [2.45, 2.75) is 6.54 Å². The second-order valence-corrected chi connectivity index (χ2v) is 3.31. The summed E-state index contributed by atoms with van der Waals surface area (Å²) in [4.78, 5) is 7.18. The molecular weight excluding hydrogens is 209 g/mol. The first-order valence-electron chi connectivity index (χ1n) is 4.82. The highest BCUT2D eigenvalue weighted by Crippen LogP contribution is 2.24. The second kappa shape index (κ2) is 4.32. The number of hydrogen-bond donors (Lipinski definition) is 2. The lowest BCUT2D eigenvalue weighted by molar-refractivity contribution is 0.387. The number of nitrogens with two attached hydrogens (primary N) is 1. The second-order valence-electron chi connectivity index (χ2n) is 3.31. The van der Waals surface area contributed by atoms with Crippen LogP contribution in [0.25, 0.3) is 11.4 Å². The highest BCUT2D eigenvalue weighted by atomic mass is 19.1. The van der Waals surface area contributed by atoms with Gasteiger partial charge in [-0.05, 0) is 18.2 Å². The summed E-state index contributed by atoms with van der Waals surface area (Å²) < 4.78 is 18.1. The van der Waals surface area contributed by atoms with E-state index in [0.717, 1.165) is 11.3 Å². The highest BCUT2D eigenvalue weighted by Gasteiger charge is 2.07. The first-order chi connectivity index (χ1) is 7.74. The van der Waals surface area contributed by atoms with Crippen LogP contribution >= 0.6 is 0 Å². The number of methoxy groups -OCH3 is 1. The van der Waals surface area contributed by atoms with Crippen molar-refractivity contribution in [2.24, 2.45) is 5.73 Å². The third kappa shape index (κ3) is 1.90. The van der Waals surface area contributed by atoms with Gasteiger partial charge in [0, 0.05) is 24.0 Å². The number of H-pyrrole nitrogens is 1. The molecule has 0 bridgehead atoms. The van der Waals surface area contributed by atoms with Gasteiger partial charge in [-0.2, -0.15) is 0 Å². The summed E-state index contributed by atoms with van der Waals surface area (Å²) in [5, 5.41) is 0. The average molecular weight is 221 g/mol. The van der Waals surface area contributed by atoms with Crippen LogP contribution in [0, 0.1) is 5.82 Å². The molecule has 5 heteroatoms. The summed E-state index contributed by atoms with van der Waals surface area (Å²) in [5.74, 6) is 0.457. The lowest BCUT2D eigenvalue weighted by Crippen LogP contribution is -1.95. The Morgan fingerprint density at radius 2 is 2.31 bits per heavy atom. The van der Waals surface area contributed by atoms with E-state index in [1.54, 1.807) is 18.3 Å². The number of ether oxygens (including phenoxy) is 1. The molecule has 3 N–H and O–H groups in total. The summed E-state index contributed by atoms with van der Waals surface area (Å²) >= 11 is 0. The van der Waals surface area contributed by atoms with Crippen LogP contribution in [-0.4, -0.2) is 17.1 Å². The van der Waals surface area contributed by atoms with Crippen molar-refractivity contribution in [1.82, 2.24) is 9.97 Å². The van der Waals surface area contributed by atoms with Gasteiger partial charge in [-0.25, -0.2) is 9.37 Å². The largest absolute Gasteiger partial charge is 0.494 e. The third-order valence-electron chi connectivity index (χ3n) is 2.27. The van der Waals surface area contributed by atoms with E-state index in [1.165, 1.54) is 13.2 Å². The average Bonchev–Trinajstić information content (AvgIpc) is 2.78. The molecule has 0 amide bonds. The third-order valence-corrected chi connectivity index (χ3v) is 2.27. The first-order valence-corrected chi connectivity index (χ1v) is 4.82. The molecule has 4 nitrogen and oxygen atoms in total. The van der Waals surface area contributed by atoms with E-state index in [-0.39, 0.29) is 5.75 Å². The zero-order chi connectivity index (χ0) is 11.5. The summed E-state index contributed by atoms with van der Waals surface area (Å²) in [6.07, 6.45) is 1.66. The summed E-state index contributed by atoms with van der Waals surface area (Å²) in [6.45, 7) is 0.394. The Kier molecular flexibility index (Phi) is 2.87. The van der Waals surface area contributed by atoms with E-state index in [1.807, 2.05) is 0 Å². The van der Waals surface area contributed by atoms with E-state index >= 15 is 0 Å². The van der Waals surface area contributed by atoms with Crippen molar-refractivity contribution in [3.8, 4) is 17.1 Å². The number of halogens is 1. The minimum atomic E-state index is -0.392. The van der Waals surface area contributed by atoms with Crippen molar-refractivity contribution < 1.29 is 9.13 Å². The van der Waals surface area contributed by atoms with Crippen molar-refractivity contribution in [3.05, 3.63) is 35.9 Å². The quantitative estimate of drug-likeness (QED) is 0.828. The number of aromatic amines is 1. The zero-order valence-electron chi connectivity index (χ0n) is 8.83.